The van der Waals surface area contributed by atoms with Gasteiger partial charge in [-0.3, -0.25) is 4.79 Å². The van der Waals surface area contributed by atoms with Crippen molar-refractivity contribution in [1.29, 1.82) is 0 Å². The number of benzene rings is 2. The summed E-state index contributed by atoms with van der Waals surface area (Å²) in [5.74, 6) is 1.80. The third-order valence-corrected chi connectivity index (χ3v) is 4.11. The molecule has 2 N–H and O–H groups in total. The zero-order chi connectivity index (χ0) is 20.8. The number of carbonyl (C=O) groups is 1. The fraction of sp³-hybridized carbons (Fsp3) is 0.227. The lowest BCUT2D eigenvalue weighted by atomic mass is 10.2. The monoisotopic (exact) mass is 391 g/mol. The molecule has 1 amide bonds. The molecule has 0 saturated heterocycles. The highest BCUT2D eigenvalue weighted by molar-refractivity contribution is 5.92. The molecule has 0 saturated carbocycles. The number of ether oxygens (including phenoxy) is 1. The topological polar surface area (TPSA) is 79.4 Å². The molecule has 0 aliphatic heterocycles. The van der Waals surface area contributed by atoms with Crippen LogP contribution in [0.3, 0.4) is 0 Å². The lowest BCUT2D eigenvalue weighted by molar-refractivity contribution is -0.118. The molecular formula is C22H25N5O2. The summed E-state index contributed by atoms with van der Waals surface area (Å²) in [5, 5.41) is 6.00. The fourth-order valence-corrected chi connectivity index (χ4v) is 2.58. The normalized spacial score (nSPS) is 10.3. The maximum Gasteiger partial charge on any atom is 0.262 e. The van der Waals surface area contributed by atoms with Gasteiger partial charge in [-0.1, -0.05) is 17.7 Å². The second-order valence-corrected chi connectivity index (χ2v) is 6.94. The Bertz CT molecular complexity index is 969. The largest absolute Gasteiger partial charge is 0.484 e. The van der Waals surface area contributed by atoms with E-state index in [0.717, 1.165) is 22.8 Å². The SMILES string of the molecule is Cc1ccc(OCC(=O)Nc2ccc(Nc3nc(C)cc(N(C)C)n3)cc2)cc1. The minimum Gasteiger partial charge on any atom is -0.484 e. The molecule has 0 radical (unpaired) electrons. The highest BCUT2D eigenvalue weighted by Gasteiger charge is 2.06. The van der Waals surface area contributed by atoms with Gasteiger partial charge in [0.1, 0.15) is 11.6 Å². The summed E-state index contributed by atoms with van der Waals surface area (Å²) in [7, 11) is 3.87. The Balaban J connectivity index is 1.56. The van der Waals surface area contributed by atoms with Crippen LogP contribution in [0.25, 0.3) is 0 Å². The highest BCUT2D eigenvalue weighted by Crippen LogP contribution is 2.19. The number of amides is 1. The zero-order valence-electron chi connectivity index (χ0n) is 17.1. The summed E-state index contributed by atoms with van der Waals surface area (Å²) in [6, 6.07) is 16.8. The van der Waals surface area contributed by atoms with Gasteiger partial charge in [-0.2, -0.15) is 4.98 Å². The van der Waals surface area contributed by atoms with Gasteiger partial charge in [0.05, 0.1) is 0 Å². The van der Waals surface area contributed by atoms with E-state index in [4.69, 9.17) is 4.74 Å². The minimum atomic E-state index is -0.219. The molecular weight excluding hydrogens is 366 g/mol. The van der Waals surface area contributed by atoms with Crippen molar-refractivity contribution in [2.45, 2.75) is 13.8 Å². The number of rotatable bonds is 7. The lowest BCUT2D eigenvalue weighted by Gasteiger charge is -2.14. The molecule has 1 aromatic heterocycles. The number of anilines is 4. The molecule has 7 nitrogen and oxygen atoms in total. The lowest BCUT2D eigenvalue weighted by Crippen LogP contribution is -2.20. The van der Waals surface area contributed by atoms with Gasteiger partial charge in [-0.25, -0.2) is 4.98 Å². The van der Waals surface area contributed by atoms with Gasteiger partial charge in [-0.05, 0) is 50.2 Å². The first kappa shape index (κ1) is 20.1. The van der Waals surface area contributed by atoms with Gasteiger partial charge in [-0.15, -0.1) is 0 Å². The third-order valence-electron chi connectivity index (χ3n) is 4.11. The van der Waals surface area contributed by atoms with Gasteiger partial charge in [0.2, 0.25) is 5.95 Å². The molecule has 7 heteroatoms. The van der Waals surface area contributed by atoms with E-state index in [9.17, 15) is 4.79 Å². The average Bonchev–Trinajstić information content (AvgIpc) is 2.68. The van der Waals surface area contributed by atoms with Crippen LogP contribution in [0.1, 0.15) is 11.3 Å². The van der Waals surface area contributed by atoms with Crippen LogP contribution in [-0.2, 0) is 4.79 Å². The smallest absolute Gasteiger partial charge is 0.262 e. The standard InChI is InChI=1S/C22H25N5O2/c1-15-5-11-19(12-6-15)29-14-21(28)24-17-7-9-18(10-8-17)25-22-23-16(2)13-20(26-22)27(3)4/h5-13H,14H2,1-4H3,(H,24,28)(H,23,25,26). The van der Waals surface area contributed by atoms with Crippen molar-refractivity contribution in [1.82, 2.24) is 9.97 Å². The zero-order valence-corrected chi connectivity index (χ0v) is 17.1. The number of nitrogens with zero attached hydrogens (tertiary/aromatic N) is 3. The van der Waals surface area contributed by atoms with Gasteiger partial charge in [0, 0.05) is 37.2 Å². The minimum absolute atomic E-state index is 0.0481. The Kier molecular flexibility index (Phi) is 6.29. The molecule has 29 heavy (non-hydrogen) atoms. The van der Waals surface area contributed by atoms with Crippen molar-refractivity contribution < 1.29 is 9.53 Å². The van der Waals surface area contributed by atoms with E-state index in [-0.39, 0.29) is 12.5 Å². The first-order chi connectivity index (χ1) is 13.9. The van der Waals surface area contributed by atoms with Crippen molar-refractivity contribution in [2.24, 2.45) is 0 Å². The van der Waals surface area contributed by atoms with Gasteiger partial charge >= 0.3 is 0 Å². The van der Waals surface area contributed by atoms with E-state index in [1.54, 1.807) is 0 Å². The van der Waals surface area contributed by atoms with E-state index >= 15 is 0 Å². The fourth-order valence-electron chi connectivity index (χ4n) is 2.58. The quantitative estimate of drug-likeness (QED) is 0.635. The van der Waals surface area contributed by atoms with Gasteiger partial charge in [0.15, 0.2) is 6.61 Å². The molecule has 0 aliphatic rings. The second-order valence-electron chi connectivity index (χ2n) is 6.94. The summed E-state index contributed by atoms with van der Waals surface area (Å²) in [6.07, 6.45) is 0. The van der Waals surface area contributed by atoms with Crippen LogP contribution in [0.2, 0.25) is 0 Å². The van der Waals surface area contributed by atoms with Crippen LogP contribution in [0.5, 0.6) is 5.75 Å². The van der Waals surface area contributed by atoms with Crippen molar-refractivity contribution in [3.8, 4) is 5.75 Å². The Hall–Kier alpha value is -3.61. The van der Waals surface area contributed by atoms with E-state index in [2.05, 4.69) is 20.6 Å². The molecule has 0 bridgehead atoms. The molecule has 0 atom stereocenters. The molecule has 0 fully saturated rings. The number of nitrogens with one attached hydrogen (secondary N) is 2. The van der Waals surface area contributed by atoms with Crippen molar-refractivity contribution >= 4 is 29.0 Å². The van der Waals surface area contributed by atoms with Gasteiger partial charge in [0.25, 0.3) is 5.91 Å². The Morgan fingerprint density at radius 1 is 0.966 bits per heavy atom. The van der Waals surface area contributed by atoms with E-state index in [1.807, 2.05) is 87.4 Å². The summed E-state index contributed by atoms with van der Waals surface area (Å²) in [4.78, 5) is 22.9. The molecule has 0 aliphatic carbocycles. The van der Waals surface area contributed by atoms with E-state index in [1.165, 1.54) is 0 Å². The molecule has 3 rings (SSSR count). The van der Waals surface area contributed by atoms with E-state index in [0.29, 0.717) is 17.4 Å². The maximum absolute atomic E-state index is 12.1. The Morgan fingerprint density at radius 3 is 2.28 bits per heavy atom. The predicted molar refractivity (Wildman–Crippen MR) is 116 cm³/mol. The van der Waals surface area contributed by atoms with Crippen molar-refractivity contribution in [2.75, 3.05) is 36.2 Å². The van der Waals surface area contributed by atoms with Crippen LogP contribution < -0.4 is 20.3 Å². The molecule has 0 spiro atoms. The maximum atomic E-state index is 12.1. The number of aromatic nitrogens is 2. The molecule has 1 heterocycles. The number of carbonyl (C=O) groups excluding carboxylic acids is 1. The van der Waals surface area contributed by atoms with Crippen molar-refractivity contribution in [3.05, 3.63) is 65.9 Å². The first-order valence-electron chi connectivity index (χ1n) is 9.28. The van der Waals surface area contributed by atoms with Crippen LogP contribution >= 0.6 is 0 Å². The summed E-state index contributed by atoms with van der Waals surface area (Å²) < 4.78 is 5.49. The van der Waals surface area contributed by atoms with Crippen molar-refractivity contribution in [3.63, 3.8) is 0 Å². The summed E-state index contributed by atoms with van der Waals surface area (Å²) >= 11 is 0. The van der Waals surface area contributed by atoms with E-state index < -0.39 is 0 Å². The number of hydrogen-bond donors (Lipinski definition) is 2. The summed E-state index contributed by atoms with van der Waals surface area (Å²) in [5.41, 5.74) is 3.54. The Labute approximate surface area is 170 Å². The van der Waals surface area contributed by atoms with Crippen LogP contribution in [0.15, 0.2) is 54.6 Å². The molecule has 150 valence electrons. The average molecular weight is 391 g/mol. The first-order valence-corrected chi connectivity index (χ1v) is 9.28. The highest BCUT2D eigenvalue weighted by atomic mass is 16.5. The third kappa shape index (κ3) is 5.93. The van der Waals surface area contributed by atoms with Crippen LogP contribution in [0, 0.1) is 13.8 Å². The number of hydrogen-bond acceptors (Lipinski definition) is 6. The van der Waals surface area contributed by atoms with Gasteiger partial charge < -0.3 is 20.3 Å². The molecule has 0 unspecified atom stereocenters. The van der Waals surface area contributed by atoms with Crippen LogP contribution in [-0.4, -0.2) is 36.6 Å². The molecule has 3 aromatic rings. The molecule has 2 aromatic carbocycles. The predicted octanol–water partition coefficient (Wildman–Crippen LogP) is 3.92. The number of aryl methyl sites for hydroxylation is 2. The Morgan fingerprint density at radius 2 is 1.62 bits per heavy atom. The summed E-state index contributed by atoms with van der Waals surface area (Å²) in [6.45, 7) is 3.88. The van der Waals surface area contributed by atoms with Crippen LogP contribution in [0.4, 0.5) is 23.1 Å². The second kappa shape index (κ2) is 9.05.